The zero-order valence-corrected chi connectivity index (χ0v) is 13.6. The van der Waals surface area contributed by atoms with E-state index in [4.69, 9.17) is 14.6 Å². The summed E-state index contributed by atoms with van der Waals surface area (Å²) in [4.78, 5) is 34.3. The van der Waals surface area contributed by atoms with Crippen molar-refractivity contribution in [2.45, 2.75) is 64.9 Å². The molecule has 0 aliphatic heterocycles. The van der Waals surface area contributed by atoms with E-state index in [0.717, 1.165) is 0 Å². The van der Waals surface area contributed by atoms with Crippen molar-refractivity contribution in [3.63, 3.8) is 0 Å². The molecule has 0 aromatic rings. The van der Waals surface area contributed by atoms with Crippen molar-refractivity contribution in [2.75, 3.05) is 6.61 Å². The lowest BCUT2D eigenvalue weighted by Gasteiger charge is -2.25. The first-order valence-electron chi connectivity index (χ1n) is 7.86. The third kappa shape index (κ3) is 6.03. The standard InChI is InChI=1S/C16H26O6/c1-4-16(2,3)22-13(17)9-10-21-15(20)12-7-5-11(6-8-12)14(18)19/h11-12H,4-10H2,1-3H3,(H,18,19). The van der Waals surface area contributed by atoms with Gasteiger partial charge in [0.15, 0.2) is 0 Å². The molecule has 1 N–H and O–H groups in total. The Hall–Kier alpha value is -1.59. The van der Waals surface area contributed by atoms with Gasteiger partial charge in [0.2, 0.25) is 0 Å². The van der Waals surface area contributed by atoms with Crippen LogP contribution >= 0.6 is 0 Å². The summed E-state index contributed by atoms with van der Waals surface area (Å²) in [6.07, 6.45) is 2.82. The van der Waals surface area contributed by atoms with Crippen LogP contribution in [0.4, 0.5) is 0 Å². The third-order valence-corrected chi connectivity index (χ3v) is 4.20. The van der Waals surface area contributed by atoms with Crippen LogP contribution in [0.3, 0.4) is 0 Å². The molecule has 0 aromatic heterocycles. The fourth-order valence-electron chi connectivity index (χ4n) is 2.36. The van der Waals surface area contributed by atoms with Gasteiger partial charge in [0, 0.05) is 0 Å². The summed E-state index contributed by atoms with van der Waals surface area (Å²) < 4.78 is 10.4. The van der Waals surface area contributed by atoms with Gasteiger partial charge in [-0.2, -0.15) is 0 Å². The van der Waals surface area contributed by atoms with E-state index in [0.29, 0.717) is 32.1 Å². The Balaban J connectivity index is 2.24. The van der Waals surface area contributed by atoms with Crippen LogP contribution in [0.25, 0.3) is 0 Å². The van der Waals surface area contributed by atoms with Gasteiger partial charge in [0.25, 0.3) is 0 Å². The molecule has 0 aromatic carbocycles. The molecule has 1 aliphatic carbocycles. The molecule has 0 spiro atoms. The van der Waals surface area contributed by atoms with Gasteiger partial charge >= 0.3 is 17.9 Å². The van der Waals surface area contributed by atoms with E-state index in [9.17, 15) is 14.4 Å². The van der Waals surface area contributed by atoms with E-state index in [2.05, 4.69) is 0 Å². The predicted molar refractivity (Wildman–Crippen MR) is 79.1 cm³/mol. The van der Waals surface area contributed by atoms with Crippen molar-refractivity contribution in [2.24, 2.45) is 11.8 Å². The molecule has 0 bridgehead atoms. The van der Waals surface area contributed by atoms with Crippen LogP contribution in [0.2, 0.25) is 0 Å². The average molecular weight is 314 g/mol. The van der Waals surface area contributed by atoms with Crippen molar-refractivity contribution < 1.29 is 29.0 Å². The molecule has 0 atom stereocenters. The van der Waals surface area contributed by atoms with Gasteiger partial charge in [-0.3, -0.25) is 14.4 Å². The lowest BCUT2D eigenvalue weighted by molar-refractivity contribution is -0.161. The minimum atomic E-state index is -0.798. The van der Waals surface area contributed by atoms with Gasteiger partial charge in [-0.25, -0.2) is 0 Å². The molecule has 1 fully saturated rings. The normalized spacial score (nSPS) is 22.0. The number of hydrogen-bond acceptors (Lipinski definition) is 5. The number of esters is 2. The fraction of sp³-hybridized carbons (Fsp3) is 0.812. The summed E-state index contributed by atoms with van der Waals surface area (Å²) in [6, 6.07) is 0. The van der Waals surface area contributed by atoms with Gasteiger partial charge in [0.05, 0.1) is 18.3 Å². The van der Waals surface area contributed by atoms with Crippen LogP contribution < -0.4 is 0 Å². The zero-order chi connectivity index (χ0) is 16.8. The summed E-state index contributed by atoms with van der Waals surface area (Å²) >= 11 is 0. The highest BCUT2D eigenvalue weighted by molar-refractivity contribution is 5.75. The first-order chi connectivity index (χ1) is 10.2. The molecular formula is C16H26O6. The van der Waals surface area contributed by atoms with Crippen LogP contribution in [0.1, 0.15) is 59.3 Å². The molecule has 1 saturated carbocycles. The van der Waals surface area contributed by atoms with Crippen molar-refractivity contribution in [3.8, 4) is 0 Å². The summed E-state index contributed by atoms with van der Waals surface area (Å²) in [6.45, 7) is 5.60. The maximum atomic E-state index is 11.9. The highest BCUT2D eigenvalue weighted by Gasteiger charge is 2.30. The highest BCUT2D eigenvalue weighted by atomic mass is 16.6. The Morgan fingerprint density at radius 3 is 2.14 bits per heavy atom. The molecule has 1 rings (SSSR count). The van der Waals surface area contributed by atoms with Gasteiger partial charge in [-0.15, -0.1) is 0 Å². The molecule has 22 heavy (non-hydrogen) atoms. The topological polar surface area (TPSA) is 89.9 Å². The van der Waals surface area contributed by atoms with Crippen molar-refractivity contribution in [1.29, 1.82) is 0 Å². The number of ether oxygens (including phenoxy) is 2. The van der Waals surface area contributed by atoms with E-state index >= 15 is 0 Å². The lowest BCUT2D eigenvalue weighted by atomic mass is 9.82. The number of carboxylic acid groups (broad SMARTS) is 1. The number of aliphatic carboxylic acids is 1. The Morgan fingerprint density at radius 1 is 1.09 bits per heavy atom. The second-order valence-electron chi connectivity index (χ2n) is 6.39. The van der Waals surface area contributed by atoms with Crippen molar-refractivity contribution >= 4 is 17.9 Å². The maximum absolute atomic E-state index is 11.9. The van der Waals surface area contributed by atoms with Gasteiger partial charge in [-0.05, 0) is 46.0 Å². The zero-order valence-electron chi connectivity index (χ0n) is 13.6. The second kappa shape index (κ2) is 8.15. The molecule has 0 heterocycles. The van der Waals surface area contributed by atoms with Gasteiger partial charge in [0.1, 0.15) is 12.2 Å². The monoisotopic (exact) mass is 314 g/mol. The number of carbonyl (C=O) groups is 3. The van der Waals surface area contributed by atoms with Crippen LogP contribution in [-0.4, -0.2) is 35.2 Å². The average Bonchev–Trinajstić information content (AvgIpc) is 2.46. The second-order valence-corrected chi connectivity index (χ2v) is 6.39. The Bertz CT molecular complexity index is 407. The summed E-state index contributed by atoms with van der Waals surface area (Å²) in [5.41, 5.74) is -0.504. The van der Waals surface area contributed by atoms with Gasteiger partial charge < -0.3 is 14.6 Å². The summed E-state index contributed by atoms with van der Waals surface area (Å²) in [7, 11) is 0. The van der Waals surface area contributed by atoms with E-state index in [-0.39, 0.29) is 36.8 Å². The Kier molecular flexibility index (Phi) is 6.84. The first-order valence-corrected chi connectivity index (χ1v) is 7.86. The molecule has 1 aliphatic rings. The number of hydrogen-bond donors (Lipinski definition) is 1. The van der Waals surface area contributed by atoms with E-state index < -0.39 is 11.6 Å². The molecule has 6 heteroatoms. The lowest BCUT2D eigenvalue weighted by Crippen LogP contribution is -2.29. The summed E-state index contributed by atoms with van der Waals surface area (Å²) in [5, 5.41) is 8.91. The first kappa shape index (κ1) is 18.5. The summed E-state index contributed by atoms with van der Waals surface area (Å²) in [5.74, 6) is -2.12. The molecular weight excluding hydrogens is 288 g/mol. The maximum Gasteiger partial charge on any atom is 0.309 e. The minimum Gasteiger partial charge on any atom is -0.481 e. The third-order valence-electron chi connectivity index (χ3n) is 4.20. The fourth-order valence-corrected chi connectivity index (χ4v) is 2.36. The van der Waals surface area contributed by atoms with Gasteiger partial charge in [-0.1, -0.05) is 6.92 Å². The number of carbonyl (C=O) groups excluding carboxylic acids is 2. The molecule has 0 unspecified atom stereocenters. The molecule has 0 radical (unpaired) electrons. The Morgan fingerprint density at radius 2 is 1.64 bits per heavy atom. The van der Waals surface area contributed by atoms with Crippen LogP contribution in [0.15, 0.2) is 0 Å². The van der Waals surface area contributed by atoms with Crippen LogP contribution in [0, 0.1) is 11.8 Å². The van der Waals surface area contributed by atoms with Crippen molar-refractivity contribution in [3.05, 3.63) is 0 Å². The molecule has 126 valence electrons. The van der Waals surface area contributed by atoms with E-state index in [1.54, 1.807) is 0 Å². The number of rotatable bonds is 7. The number of carboxylic acids is 1. The molecule has 0 amide bonds. The van der Waals surface area contributed by atoms with Crippen molar-refractivity contribution in [1.82, 2.24) is 0 Å². The quantitative estimate of drug-likeness (QED) is 0.726. The predicted octanol–water partition coefficient (Wildman–Crippen LogP) is 2.54. The highest BCUT2D eigenvalue weighted by Crippen LogP contribution is 2.29. The minimum absolute atomic E-state index is 0.0102. The van der Waals surface area contributed by atoms with E-state index in [1.807, 2.05) is 20.8 Å². The largest absolute Gasteiger partial charge is 0.481 e. The van der Waals surface area contributed by atoms with Crippen LogP contribution in [-0.2, 0) is 23.9 Å². The van der Waals surface area contributed by atoms with Crippen LogP contribution in [0.5, 0.6) is 0 Å². The SMILES string of the molecule is CCC(C)(C)OC(=O)CCOC(=O)C1CCC(C(=O)O)CC1. The molecule has 0 saturated heterocycles. The Labute approximate surface area is 131 Å². The van der Waals surface area contributed by atoms with E-state index in [1.165, 1.54) is 0 Å². The smallest absolute Gasteiger partial charge is 0.309 e. The molecule has 6 nitrogen and oxygen atoms in total.